The maximum atomic E-state index is 11.9. The molecule has 0 unspecified atom stereocenters. The van der Waals surface area contributed by atoms with Gasteiger partial charge in [-0.3, -0.25) is 0 Å². The Kier molecular flexibility index (Phi) is 4.79. The quantitative estimate of drug-likeness (QED) is 0.837. The molecule has 0 radical (unpaired) electrons. The van der Waals surface area contributed by atoms with Crippen molar-refractivity contribution in [3.8, 4) is 0 Å². The van der Waals surface area contributed by atoms with Gasteiger partial charge in [0.25, 0.3) is 0 Å². The fourth-order valence-corrected chi connectivity index (χ4v) is 3.00. The summed E-state index contributed by atoms with van der Waals surface area (Å²) in [7, 11) is 1.33. The Morgan fingerprint density at radius 2 is 2.00 bits per heavy atom. The number of rotatable bonds is 3. The summed E-state index contributed by atoms with van der Waals surface area (Å²) >= 11 is 1.35. The standard InChI is InChI=1S/C13H18N2O3S/c1-18-12(16)10-7-19-8-11(10)15-13(17)14-9-5-3-2-4-6-9/h7-9H,2-6H2,1H3,(H2,14,15,17). The molecule has 1 fully saturated rings. The Hall–Kier alpha value is -1.56. The van der Waals surface area contributed by atoms with Gasteiger partial charge in [-0.25, -0.2) is 9.59 Å². The minimum atomic E-state index is -0.436. The minimum absolute atomic E-state index is 0.244. The Bertz CT molecular complexity index is 452. The van der Waals surface area contributed by atoms with Crippen LogP contribution < -0.4 is 10.6 Å². The van der Waals surface area contributed by atoms with Gasteiger partial charge in [0, 0.05) is 16.8 Å². The highest BCUT2D eigenvalue weighted by atomic mass is 32.1. The highest BCUT2D eigenvalue weighted by Gasteiger charge is 2.18. The molecule has 2 amide bonds. The number of nitrogens with one attached hydrogen (secondary N) is 2. The van der Waals surface area contributed by atoms with Crippen molar-refractivity contribution in [2.45, 2.75) is 38.1 Å². The third-order valence-electron chi connectivity index (χ3n) is 3.26. The maximum Gasteiger partial charge on any atom is 0.340 e. The fourth-order valence-electron chi connectivity index (χ4n) is 2.25. The third-order valence-corrected chi connectivity index (χ3v) is 4.00. The lowest BCUT2D eigenvalue weighted by atomic mass is 9.96. The average molecular weight is 282 g/mol. The first-order valence-electron chi connectivity index (χ1n) is 6.42. The first-order valence-corrected chi connectivity index (χ1v) is 7.37. The monoisotopic (exact) mass is 282 g/mol. The molecule has 2 rings (SSSR count). The van der Waals surface area contributed by atoms with Crippen LogP contribution in [0.4, 0.5) is 10.5 Å². The Morgan fingerprint density at radius 1 is 1.26 bits per heavy atom. The van der Waals surface area contributed by atoms with Crippen LogP contribution in [0.2, 0.25) is 0 Å². The van der Waals surface area contributed by atoms with E-state index < -0.39 is 5.97 Å². The lowest BCUT2D eigenvalue weighted by molar-refractivity contribution is 0.0602. The molecular weight excluding hydrogens is 264 g/mol. The first-order chi connectivity index (χ1) is 9.20. The van der Waals surface area contributed by atoms with Crippen LogP contribution in [0.15, 0.2) is 10.8 Å². The van der Waals surface area contributed by atoms with Crippen molar-refractivity contribution < 1.29 is 14.3 Å². The number of ether oxygens (including phenoxy) is 1. The van der Waals surface area contributed by atoms with Gasteiger partial charge in [0.2, 0.25) is 0 Å². The van der Waals surface area contributed by atoms with Crippen LogP contribution in [0, 0.1) is 0 Å². The topological polar surface area (TPSA) is 67.4 Å². The number of hydrogen-bond acceptors (Lipinski definition) is 4. The minimum Gasteiger partial charge on any atom is -0.465 e. The Morgan fingerprint density at radius 3 is 2.68 bits per heavy atom. The van der Waals surface area contributed by atoms with Gasteiger partial charge in [-0.15, -0.1) is 11.3 Å². The normalized spacial score (nSPS) is 15.8. The van der Waals surface area contributed by atoms with Crippen LogP contribution in [-0.4, -0.2) is 25.2 Å². The van der Waals surface area contributed by atoms with Crippen molar-refractivity contribution in [1.82, 2.24) is 5.32 Å². The molecule has 0 aromatic carbocycles. The zero-order valence-corrected chi connectivity index (χ0v) is 11.7. The number of hydrogen-bond donors (Lipinski definition) is 2. The third kappa shape index (κ3) is 3.70. The molecule has 1 aromatic heterocycles. The van der Waals surface area contributed by atoms with Gasteiger partial charge >= 0.3 is 12.0 Å². The summed E-state index contributed by atoms with van der Waals surface area (Å²) in [6.07, 6.45) is 5.63. The van der Waals surface area contributed by atoms with E-state index in [4.69, 9.17) is 0 Å². The molecule has 0 saturated heterocycles. The van der Waals surface area contributed by atoms with E-state index in [-0.39, 0.29) is 12.1 Å². The summed E-state index contributed by atoms with van der Waals surface area (Å²) < 4.78 is 4.66. The van der Waals surface area contributed by atoms with E-state index in [0.717, 1.165) is 25.7 Å². The van der Waals surface area contributed by atoms with Gasteiger partial charge < -0.3 is 15.4 Å². The molecule has 6 heteroatoms. The van der Waals surface area contributed by atoms with Crippen LogP contribution in [-0.2, 0) is 4.74 Å². The zero-order valence-electron chi connectivity index (χ0n) is 10.9. The first kappa shape index (κ1) is 13.9. The molecule has 0 aliphatic heterocycles. The number of anilines is 1. The number of methoxy groups -OCH3 is 1. The molecule has 1 saturated carbocycles. The van der Waals surface area contributed by atoms with E-state index in [1.165, 1.54) is 24.9 Å². The van der Waals surface area contributed by atoms with Crippen LogP contribution in [0.25, 0.3) is 0 Å². The van der Waals surface area contributed by atoms with E-state index in [1.54, 1.807) is 10.8 Å². The SMILES string of the molecule is COC(=O)c1cscc1NC(=O)NC1CCCCC1. The summed E-state index contributed by atoms with van der Waals surface area (Å²) in [6.45, 7) is 0. The number of amides is 2. The lowest BCUT2D eigenvalue weighted by Gasteiger charge is -2.22. The Balaban J connectivity index is 1.91. The summed E-state index contributed by atoms with van der Waals surface area (Å²) in [4.78, 5) is 23.4. The van der Waals surface area contributed by atoms with Crippen molar-refractivity contribution in [2.24, 2.45) is 0 Å². The van der Waals surface area contributed by atoms with Gasteiger partial charge in [0.15, 0.2) is 0 Å². The lowest BCUT2D eigenvalue weighted by Crippen LogP contribution is -2.39. The van der Waals surface area contributed by atoms with E-state index in [1.807, 2.05) is 0 Å². The number of carbonyl (C=O) groups is 2. The second-order valence-corrected chi connectivity index (χ2v) is 5.37. The number of carbonyl (C=O) groups excluding carboxylic acids is 2. The van der Waals surface area contributed by atoms with Crippen molar-refractivity contribution in [3.05, 3.63) is 16.3 Å². The summed E-state index contributed by atoms with van der Waals surface area (Å²) in [5, 5.41) is 9.05. The van der Waals surface area contributed by atoms with Gasteiger partial charge in [-0.2, -0.15) is 0 Å². The van der Waals surface area contributed by atoms with Crippen LogP contribution in [0.3, 0.4) is 0 Å². The van der Waals surface area contributed by atoms with Gasteiger partial charge in [-0.05, 0) is 12.8 Å². The van der Waals surface area contributed by atoms with E-state index in [0.29, 0.717) is 11.3 Å². The summed E-state index contributed by atoms with van der Waals surface area (Å²) in [5.41, 5.74) is 0.899. The molecule has 1 aliphatic rings. The highest BCUT2D eigenvalue weighted by Crippen LogP contribution is 2.22. The predicted molar refractivity (Wildman–Crippen MR) is 74.7 cm³/mol. The molecule has 2 N–H and O–H groups in total. The Labute approximate surface area is 116 Å². The molecule has 0 spiro atoms. The molecule has 104 valence electrons. The molecule has 1 aromatic rings. The van der Waals surface area contributed by atoms with E-state index in [2.05, 4.69) is 15.4 Å². The van der Waals surface area contributed by atoms with Crippen molar-refractivity contribution in [1.29, 1.82) is 0 Å². The van der Waals surface area contributed by atoms with Crippen molar-refractivity contribution in [2.75, 3.05) is 12.4 Å². The second-order valence-electron chi connectivity index (χ2n) is 4.62. The van der Waals surface area contributed by atoms with Gasteiger partial charge in [0.05, 0.1) is 18.4 Å². The molecule has 19 heavy (non-hydrogen) atoms. The molecule has 0 bridgehead atoms. The molecule has 0 atom stereocenters. The highest BCUT2D eigenvalue weighted by molar-refractivity contribution is 7.08. The maximum absolute atomic E-state index is 11.9. The number of esters is 1. The summed E-state index contributed by atoms with van der Waals surface area (Å²) in [5.74, 6) is -0.436. The molecule has 5 nitrogen and oxygen atoms in total. The number of urea groups is 1. The zero-order chi connectivity index (χ0) is 13.7. The average Bonchev–Trinajstić information content (AvgIpc) is 2.87. The number of thiophene rings is 1. The van der Waals surface area contributed by atoms with E-state index in [9.17, 15) is 9.59 Å². The molecule has 1 heterocycles. The van der Waals surface area contributed by atoms with Crippen LogP contribution in [0.1, 0.15) is 42.5 Å². The predicted octanol–water partition coefficient (Wildman–Crippen LogP) is 2.99. The second kappa shape index (κ2) is 6.56. The van der Waals surface area contributed by atoms with E-state index >= 15 is 0 Å². The van der Waals surface area contributed by atoms with Gasteiger partial charge in [0.1, 0.15) is 0 Å². The van der Waals surface area contributed by atoms with Crippen LogP contribution >= 0.6 is 11.3 Å². The van der Waals surface area contributed by atoms with Crippen molar-refractivity contribution >= 4 is 29.0 Å². The summed E-state index contributed by atoms with van der Waals surface area (Å²) in [6, 6.07) is -0.00980. The molecule has 1 aliphatic carbocycles. The van der Waals surface area contributed by atoms with Crippen LogP contribution in [0.5, 0.6) is 0 Å². The smallest absolute Gasteiger partial charge is 0.340 e. The van der Waals surface area contributed by atoms with Crippen molar-refractivity contribution in [3.63, 3.8) is 0 Å². The largest absolute Gasteiger partial charge is 0.465 e. The fraction of sp³-hybridized carbons (Fsp3) is 0.538. The van der Waals surface area contributed by atoms with Gasteiger partial charge in [-0.1, -0.05) is 19.3 Å². The molecular formula is C13H18N2O3S.